The van der Waals surface area contributed by atoms with Crippen LogP contribution in [-0.4, -0.2) is 5.91 Å². The Morgan fingerprint density at radius 3 is 2.35 bits per heavy atom. The summed E-state index contributed by atoms with van der Waals surface area (Å²) in [6, 6.07) is 8.19. The van der Waals surface area contributed by atoms with Crippen LogP contribution in [0, 0.1) is 17.3 Å². The molecule has 1 atom stereocenters. The highest BCUT2D eigenvalue weighted by Gasteiger charge is 2.39. The minimum absolute atomic E-state index is 0.0899. The molecule has 0 spiro atoms. The molecule has 1 heterocycles. The molecule has 1 aliphatic carbocycles. The van der Waals surface area contributed by atoms with Crippen molar-refractivity contribution in [2.24, 2.45) is 17.3 Å². The Bertz CT molecular complexity index is 506. The predicted molar refractivity (Wildman–Crippen MR) is 82.7 cm³/mol. The molecule has 1 aromatic carbocycles. The SMILES string of the molecule is CC(C)(C)C1CCC(C2C(=O)Nc3ccccc32)CC1. The molecule has 0 aromatic heterocycles. The number of amides is 1. The Balaban J connectivity index is 1.74. The lowest BCUT2D eigenvalue weighted by atomic mass is 9.67. The number of anilines is 1. The summed E-state index contributed by atoms with van der Waals surface area (Å²) in [7, 11) is 0. The van der Waals surface area contributed by atoms with E-state index in [2.05, 4.69) is 32.2 Å². The van der Waals surface area contributed by atoms with Gasteiger partial charge in [0.2, 0.25) is 5.91 Å². The van der Waals surface area contributed by atoms with E-state index in [-0.39, 0.29) is 11.8 Å². The summed E-state index contributed by atoms with van der Waals surface area (Å²) in [5, 5.41) is 3.05. The normalized spacial score (nSPS) is 29.9. The number of fused-ring (bicyclic) bond motifs is 1. The fourth-order valence-corrected chi connectivity index (χ4v) is 4.02. The van der Waals surface area contributed by atoms with E-state index in [4.69, 9.17) is 0 Å². The molecule has 1 aromatic rings. The second kappa shape index (κ2) is 4.91. The van der Waals surface area contributed by atoms with Gasteiger partial charge in [-0.3, -0.25) is 4.79 Å². The molecule has 2 aliphatic rings. The van der Waals surface area contributed by atoms with Crippen molar-refractivity contribution in [3.05, 3.63) is 29.8 Å². The quantitative estimate of drug-likeness (QED) is 0.796. The second-order valence-corrected chi connectivity index (χ2v) is 7.53. The van der Waals surface area contributed by atoms with Gasteiger partial charge < -0.3 is 5.32 Å². The van der Waals surface area contributed by atoms with Gasteiger partial charge in [-0.05, 0) is 54.6 Å². The zero-order valence-corrected chi connectivity index (χ0v) is 12.8. The Labute approximate surface area is 122 Å². The molecule has 2 nitrogen and oxygen atoms in total. The molecule has 0 bridgehead atoms. The van der Waals surface area contributed by atoms with Crippen molar-refractivity contribution in [2.75, 3.05) is 5.32 Å². The van der Waals surface area contributed by atoms with E-state index in [0.717, 1.165) is 11.6 Å². The highest BCUT2D eigenvalue weighted by Crippen LogP contribution is 2.47. The minimum Gasteiger partial charge on any atom is -0.325 e. The number of nitrogens with one attached hydrogen (secondary N) is 1. The minimum atomic E-state index is 0.0899. The molecule has 1 fully saturated rings. The van der Waals surface area contributed by atoms with Gasteiger partial charge in [0.1, 0.15) is 0 Å². The van der Waals surface area contributed by atoms with Crippen LogP contribution in [-0.2, 0) is 4.79 Å². The van der Waals surface area contributed by atoms with Gasteiger partial charge in [-0.15, -0.1) is 0 Å². The van der Waals surface area contributed by atoms with Crippen LogP contribution in [0.25, 0.3) is 0 Å². The number of carbonyl (C=O) groups is 1. The van der Waals surface area contributed by atoms with E-state index < -0.39 is 0 Å². The number of hydrogen-bond donors (Lipinski definition) is 1. The number of carbonyl (C=O) groups excluding carboxylic acids is 1. The van der Waals surface area contributed by atoms with Gasteiger partial charge in [0.25, 0.3) is 0 Å². The van der Waals surface area contributed by atoms with Crippen molar-refractivity contribution >= 4 is 11.6 Å². The molecule has 1 amide bonds. The van der Waals surface area contributed by atoms with Crippen LogP contribution >= 0.6 is 0 Å². The van der Waals surface area contributed by atoms with Crippen molar-refractivity contribution in [3.63, 3.8) is 0 Å². The first kappa shape index (κ1) is 13.7. The first-order valence-corrected chi connectivity index (χ1v) is 7.86. The summed E-state index contributed by atoms with van der Waals surface area (Å²) in [6.45, 7) is 7.03. The number of hydrogen-bond acceptors (Lipinski definition) is 1. The molecule has 20 heavy (non-hydrogen) atoms. The molecular formula is C18H25NO. The molecule has 1 saturated carbocycles. The molecule has 1 aliphatic heterocycles. The average molecular weight is 271 g/mol. The van der Waals surface area contributed by atoms with Crippen LogP contribution in [0.1, 0.15) is 57.9 Å². The molecule has 0 radical (unpaired) electrons. The van der Waals surface area contributed by atoms with Gasteiger partial charge in [-0.25, -0.2) is 0 Å². The maximum absolute atomic E-state index is 12.3. The van der Waals surface area contributed by atoms with Crippen LogP contribution in [0.4, 0.5) is 5.69 Å². The van der Waals surface area contributed by atoms with Crippen molar-refractivity contribution in [2.45, 2.75) is 52.4 Å². The van der Waals surface area contributed by atoms with Crippen LogP contribution in [0.5, 0.6) is 0 Å². The van der Waals surface area contributed by atoms with E-state index in [1.807, 2.05) is 18.2 Å². The Morgan fingerprint density at radius 1 is 1.05 bits per heavy atom. The molecule has 2 heteroatoms. The molecule has 3 rings (SSSR count). The number of para-hydroxylation sites is 1. The van der Waals surface area contributed by atoms with Crippen molar-refractivity contribution < 1.29 is 4.79 Å². The van der Waals surface area contributed by atoms with Crippen LogP contribution < -0.4 is 5.32 Å². The number of benzene rings is 1. The Morgan fingerprint density at radius 2 is 1.70 bits per heavy atom. The van der Waals surface area contributed by atoms with Crippen LogP contribution in [0.2, 0.25) is 0 Å². The van der Waals surface area contributed by atoms with Gasteiger partial charge in [0.05, 0.1) is 5.92 Å². The van der Waals surface area contributed by atoms with E-state index >= 15 is 0 Å². The summed E-state index contributed by atoms with van der Waals surface area (Å²) in [5.41, 5.74) is 2.65. The maximum atomic E-state index is 12.3. The van der Waals surface area contributed by atoms with Crippen molar-refractivity contribution in [1.29, 1.82) is 0 Å². The summed E-state index contributed by atoms with van der Waals surface area (Å²) in [5.74, 6) is 1.63. The molecule has 0 saturated heterocycles. The third-order valence-corrected chi connectivity index (χ3v) is 5.30. The average Bonchev–Trinajstić information content (AvgIpc) is 2.73. The zero-order valence-electron chi connectivity index (χ0n) is 12.8. The van der Waals surface area contributed by atoms with Crippen LogP contribution in [0.3, 0.4) is 0 Å². The lowest BCUT2D eigenvalue weighted by Crippen LogP contribution is -2.30. The van der Waals surface area contributed by atoms with Crippen molar-refractivity contribution in [3.8, 4) is 0 Å². The molecular weight excluding hydrogens is 246 g/mol. The van der Waals surface area contributed by atoms with Gasteiger partial charge in [0.15, 0.2) is 0 Å². The third kappa shape index (κ3) is 2.36. The monoisotopic (exact) mass is 271 g/mol. The van der Waals surface area contributed by atoms with Gasteiger partial charge in [-0.2, -0.15) is 0 Å². The second-order valence-electron chi connectivity index (χ2n) is 7.53. The lowest BCUT2D eigenvalue weighted by Gasteiger charge is -2.38. The summed E-state index contributed by atoms with van der Waals surface area (Å²) in [6.07, 6.45) is 4.91. The molecule has 108 valence electrons. The zero-order chi connectivity index (χ0) is 14.3. The van der Waals surface area contributed by atoms with Crippen LogP contribution in [0.15, 0.2) is 24.3 Å². The predicted octanol–water partition coefficient (Wildman–Crippen LogP) is 4.57. The maximum Gasteiger partial charge on any atom is 0.232 e. The van der Waals surface area contributed by atoms with E-state index in [9.17, 15) is 4.79 Å². The lowest BCUT2D eigenvalue weighted by molar-refractivity contribution is -0.118. The first-order valence-electron chi connectivity index (χ1n) is 7.86. The van der Waals surface area contributed by atoms with Crippen molar-refractivity contribution in [1.82, 2.24) is 0 Å². The standard InChI is InChI=1S/C18H25NO/c1-18(2,3)13-10-8-12(9-11-13)16-14-6-4-5-7-15(14)19-17(16)20/h4-7,12-13,16H,8-11H2,1-3H3,(H,19,20). The summed E-state index contributed by atoms with van der Waals surface area (Å²) in [4.78, 5) is 12.3. The molecule has 1 N–H and O–H groups in total. The van der Waals surface area contributed by atoms with Gasteiger partial charge in [-0.1, -0.05) is 39.0 Å². The largest absolute Gasteiger partial charge is 0.325 e. The smallest absolute Gasteiger partial charge is 0.232 e. The summed E-state index contributed by atoms with van der Waals surface area (Å²) < 4.78 is 0. The highest BCUT2D eigenvalue weighted by atomic mass is 16.2. The highest BCUT2D eigenvalue weighted by molar-refractivity contribution is 6.03. The fraction of sp³-hybridized carbons (Fsp3) is 0.611. The topological polar surface area (TPSA) is 29.1 Å². The fourth-order valence-electron chi connectivity index (χ4n) is 4.02. The number of rotatable bonds is 1. The van der Waals surface area contributed by atoms with E-state index in [1.54, 1.807) is 0 Å². The van der Waals surface area contributed by atoms with E-state index in [1.165, 1.54) is 31.2 Å². The molecule has 1 unspecified atom stereocenters. The third-order valence-electron chi connectivity index (χ3n) is 5.30. The Hall–Kier alpha value is -1.31. The summed E-state index contributed by atoms with van der Waals surface area (Å²) >= 11 is 0. The first-order chi connectivity index (χ1) is 9.47. The van der Waals surface area contributed by atoms with Gasteiger partial charge >= 0.3 is 0 Å². The Kier molecular flexibility index (Phi) is 3.35. The van der Waals surface area contributed by atoms with E-state index in [0.29, 0.717) is 11.3 Å². The van der Waals surface area contributed by atoms with Gasteiger partial charge in [0, 0.05) is 5.69 Å².